The number of hydrogen-bond donors (Lipinski definition) is 1. The van der Waals surface area contributed by atoms with Crippen molar-refractivity contribution in [3.05, 3.63) is 201 Å². The number of alkyl halides is 1. The number of halogens is 3. The molecule has 10 rings (SSSR count). The summed E-state index contributed by atoms with van der Waals surface area (Å²) in [6, 6.07) is 48.9. The molecule has 404 valence electrons. The molecule has 1 N–H and O–H groups in total. The first-order valence-electron chi connectivity index (χ1n) is 25.8. The summed E-state index contributed by atoms with van der Waals surface area (Å²) in [4.78, 5) is 33.4. The summed E-state index contributed by atoms with van der Waals surface area (Å²) in [5.41, 5.74) is 11.4. The van der Waals surface area contributed by atoms with Crippen molar-refractivity contribution in [3.63, 3.8) is 0 Å². The van der Waals surface area contributed by atoms with Crippen LogP contribution in [-0.2, 0) is 37.8 Å². The van der Waals surface area contributed by atoms with Crippen LogP contribution in [-0.4, -0.2) is 86.7 Å². The number of methoxy groups -OCH3 is 2. The average molecular weight is 1160 g/mol. The molecule has 0 fully saturated rings. The Morgan fingerprint density at radius 2 is 1.01 bits per heavy atom. The van der Waals surface area contributed by atoms with E-state index in [4.69, 9.17) is 32.7 Å². The van der Waals surface area contributed by atoms with Crippen LogP contribution in [0.5, 0.6) is 11.5 Å². The molecule has 0 saturated heterocycles. The number of aldehydes is 2. The third-order valence-electron chi connectivity index (χ3n) is 12.9. The largest absolute Gasteiger partial charge is 0.497 e. The van der Waals surface area contributed by atoms with Crippen LogP contribution in [0.4, 0.5) is 0 Å². The topological polar surface area (TPSA) is 186 Å². The zero-order valence-corrected chi connectivity index (χ0v) is 47.4. The Morgan fingerprint density at radius 1 is 0.557 bits per heavy atom. The first kappa shape index (κ1) is 57.1. The number of nitrogens with one attached hydrogen (secondary N) is 1. The van der Waals surface area contributed by atoms with Crippen LogP contribution >= 0.6 is 39.1 Å². The van der Waals surface area contributed by atoms with Gasteiger partial charge in [0, 0.05) is 35.8 Å². The number of carbonyl (C=O) groups is 2. The minimum atomic E-state index is 0.258. The van der Waals surface area contributed by atoms with E-state index < -0.39 is 0 Å². The van der Waals surface area contributed by atoms with Crippen molar-refractivity contribution in [1.29, 1.82) is 0 Å². The highest BCUT2D eigenvalue weighted by Gasteiger charge is 2.19. The van der Waals surface area contributed by atoms with Gasteiger partial charge in [-0.2, -0.15) is 0 Å². The minimum absolute atomic E-state index is 0.258. The number of imidazole rings is 2. The Labute approximate surface area is 477 Å². The number of aromatic nitrogens is 12. The van der Waals surface area contributed by atoms with E-state index in [9.17, 15) is 9.59 Å². The Morgan fingerprint density at radius 3 is 1.46 bits per heavy atom. The van der Waals surface area contributed by atoms with Crippen LogP contribution in [0.25, 0.3) is 45.0 Å². The average Bonchev–Trinajstić information content (AvgIpc) is 4.37. The molecule has 6 aromatic carbocycles. The van der Waals surface area contributed by atoms with Gasteiger partial charge in [-0.3, -0.25) is 9.59 Å². The minimum Gasteiger partial charge on any atom is -0.497 e. The maximum absolute atomic E-state index is 11.7. The molecule has 0 saturated carbocycles. The van der Waals surface area contributed by atoms with E-state index in [1.807, 2.05) is 88.1 Å². The van der Waals surface area contributed by atoms with Crippen molar-refractivity contribution in [2.24, 2.45) is 0 Å². The van der Waals surface area contributed by atoms with E-state index >= 15 is 0 Å². The lowest BCUT2D eigenvalue weighted by Gasteiger charge is -2.12. The summed E-state index contributed by atoms with van der Waals surface area (Å²) in [5, 5.41) is 26.4. The number of H-pyrrole nitrogens is 1. The molecule has 0 atom stereocenters. The number of hydrogen-bond acceptors (Lipinski definition) is 12. The second-order valence-corrected chi connectivity index (χ2v) is 19.5. The van der Waals surface area contributed by atoms with Crippen LogP contribution in [0, 0.1) is 0 Å². The molecule has 79 heavy (non-hydrogen) atoms. The van der Waals surface area contributed by atoms with Crippen LogP contribution in [0.2, 0.25) is 10.3 Å². The van der Waals surface area contributed by atoms with Gasteiger partial charge in [-0.1, -0.05) is 187 Å². The van der Waals surface area contributed by atoms with Gasteiger partial charge in [-0.05, 0) is 102 Å². The Kier molecular flexibility index (Phi) is 20.6. The molecule has 0 aliphatic carbocycles. The smallest absolute Gasteiger partial charge is 0.182 e. The summed E-state index contributed by atoms with van der Waals surface area (Å²) in [6.45, 7) is 5.87. The number of carbonyl (C=O) groups excluding carboxylic acids is 2. The Balaban J connectivity index is 0.000000178. The van der Waals surface area contributed by atoms with Gasteiger partial charge >= 0.3 is 0 Å². The number of aromatic amines is 1. The molecular formula is C60H59BrCl2N12O4. The van der Waals surface area contributed by atoms with Crippen molar-refractivity contribution in [1.82, 2.24) is 59.9 Å². The molecule has 0 amide bonds. The van der Waals surface area contributed by atoms with E-state index in [0.717, 1.165) is 129 Å². The highest BCUT2D eigenvalue weighted by atomic mass is 79.9. The highest BCUT2D eigenvalue weighted by Crippen LogP contribution is 2.33. The fourth-order valence-electron chi connectivity index (χ4n) is 8.67. The fraction of sp³-hybridized carbons (Fsp3) is 0.233. The van der Waals surface area contributed by atoms with Crippen LogP contribution in [0.1, 0.15) is 94.4 Å². The van der Waals surface area contributed by atoms with E-state index in [2.05, 4.69) is 143 Å². The molecule has 16 nitrogen and oxygen atoms in total. The predicted octanol–water partition coefficient (Wildman–Crippen LogP) is 13.3. The molecule has 10 aromatic rings. The number of aryl methyl sites for hydroxylation is 2. The molecule has 19 heteroatoms. The lowest BCUT2D eigenvalue weighted by atomic mass is 9.98. The van der Waals surface area contributed by atoms with Gasteiger partial charge in [0.05, 0.1) is 27.3 Å². The normalized spacial score (nSPS) is 10.8. The van der Waals surface area contributed by atoms with Gasteiger partial charge in [-0.25, -0.2) is 19.3 Å². The van der Waals surface area contributed by atoms with Crippen LogP contribution in [0.15, 0.2) is 146 Å². The van der Waals surface area contributed by atoms with Crippen molar-refractivity contribution in [2.45, 2.75) is 77.3 Å². The molecule has 0 aliphatic rings. The van der Waals surface area contributed by atoms with Crippen molar-refractivity contribution < 1.29 is 19.1 Å². The summed E-state index contributed by atoms with van der Waals surface area (Å²) >= 11 is 15.4. The van der Waals surface area contributed by atoms with Gasteiger partial charge in [0.1, 0.15) is 39.7 Å². The number of tetrazole rings is 2. The van der Waals surface area contributed by atoms with Crippen molar-refractivity contribution >= 4 is 51.7 Å². The third-order valence-corrected chi connectivity index (χ3v) is 14.1. The second kappa shape index (κ2) is 28.5. The first-order valence-corrected chi connectivity index (χ1v) is 27.7. The zero-order chi connectivity index (χ0) is 55.5. The quantitative estimate of drug-likeness (QED) is 0.0531. The predicted molar refractivity (Wildman–Crippen MR) is 312 cm³/mol. The Bertz CT molecular complexity index is 3540. The molecule has 0 spiro atoms. The van der Waals surface area contributed by atoms with E-state index in [1.165, 1.54) is 5.56 Å². The Hall–Kier alpha value is -8.12. The third kappa shape index (κ3) is 14.7. The first-order chi connectivity index (χ1) is 38.7. The lowest BCUT2D eigenvalue weighted by Crippen LogP contribution is -2.08. The van der Waals surface area contributed by atoms with Gasteiger partial charge in [0.2, 0.25) is 0 Å². The molecular weight excluding hydrogens is 1100 g/mol. The van der Waals surface area contributed by atoms with Crippen LogP contribution in [0.3, 0.4) is 0 Å². The molecule has 4 aromatic heterocycles. The molecule has 0 radical (unpaired) electrons. The van der Waals surface area contributed by atoms with Gasteiger partial charge in [-0.15, -0.1) is 10.2 Å². The van der Waals surface area contributed by atoms with Crippen molar-refractivity contribution in [2.75, 3.05) is 14.2 Å². The SMILES string of the molecule is CCCCc1nc(C=O)c(Cl)[nH]1.CCCCc1nc(Cl)c(C=O)n1Cc1ccc(-c2ccccc2-c2nnnn2Cc2ccc(OC)cc2)cc1.COc1ccc(Cn2nnnc2-c2ccccc2-c2ccc(CBr)cc2)cc1. The number of nitrogens with zero attached hydrogens (tertiary/aromatic N) is 11. The van der Waals surface area contributed by atoms with E-state index in [0.29, 0.717) is 48.3 Å². The summed E-state index contributed by atoms with van der Waals surface area (Å²) in [5.74, 6) is 4.70. The fourth-order valence-corrected chi connectivity index (χ4v) is 9.48. The highest BCUT2D eigenvalue weighted by molar-refractivity contribution is 9.08. The number of ether oxygens (including phenoxy) is 2. The zero-order valence-electron chi connectivity index (χ0n) is 44.3. The molecule has 4 heterocycles. The standard InChI is InChI=1S/C30H29ClN6O2.C22H19BrN4O.C8H11ClN2O/c1-3-4-9-28-32-29(31)27(20-38)36(28)18-21-10-14-23(15-11-21)25-7-5-6-8-26(25)30-33-34-35-37(30)19-22-12-16-24(39-2)17-13-22;1-28-19-12-8-17(9-13-19)15-27-22(24-25-26-27)21-5-3-2-4-20(21)18-10-6-16(14-23)7-11-18;1-2-3-4-7-10-6(5-12)8(9)11-7/h5-8,10-17,20H,3-4,9,18-19H2,1-2H3;2-13H,14-15H2,1H3;5H,2-4H2,1H3,(H,10,11). The number of rotatable bonds is 21. The van der Waals surface area contributed by atoms with Gasteiger partial charge in [0.15, 0.2) is 29.4 Å². The maximum Gasteiger partial charge on any atom is 0.182 e. The van der Waals surface area contributed by atoms with Crippen molar-refractivity contribution in [3.8, 4) is 56.5 Å². The lowest BCUT2D eigenvalue weighted by molar-refractivity contribution is 0.111. The van der Waals surface area contributed by atoms with Crippen LogP contribution < -0.4 is 9.47 Å². The number of unbranched alkanes of at least 4 members (excludes halogenated alkanes) is 2. The molecule has 0 unspecified atom stereocenters. The summed E-state index contributed by atoms with van der Waals surface area (Å²) in [7, 11) is 3.31. The second-order valence-electron chi connectivity index (χ2n) is 18.3. The molecule has 0 bridgehead atoms. The van der Waals surface area contributed by atoms with E-state index in [1.54, 1.807) is 18.9 Å². The van der Waals surface area contributed by atoms with E-state index in [-0.39, 0.29) is 5.15 Å². The monoisotopic (exact) mass is 1160 g/mol. The molecule has 0 aliphatic heterocycles. The van der Waals surface area contributed by atoms with Gasteiger partial charge in [0.25, 0.3) is 0 Å². The summed E-state index contributed by atoms with van der Waals surface area (Å²) in [6.07, 6.45) is 7.26. The maximum atomic E-state index is 11.7. The van der Waals surface area contributed by atoms with Gasteiger partial charge < -0.3 is 19.0 Å². The number of benzene rings is 6. The summed E-state index contributed by atoms with van der Waals surface area (Å²) < 4.78 is 16.0.